The maximum Gasteiger partial charge on any atom is 0.303 e. The van der Waals surface area contributed by atoms with Gasteiger partial charge in [0.15, 0.2) is 6.10 Å². The van der Waals surface area contributed by atoms with Crippen LogP contribution in [0.1, 0.15) is 66.4 Å². The minimum Gasteiger partial charge on any atom is -0.454 e. The van der Waals surface area contributed by atoms with E-state index in [1.165, 1.54) is 12.5 Å². The number of rotatable bonds is 9. The number of ether oxygens (including phenoxy) is 1. The molecule has 0 bridgehead atoms. The van der Waals surface area contributed by atoms with Crippen LogP contribution in [0.5, 0.6) is 0 Å². The van der Waals surface area contributed by atoms with Gasteiger partial charge in [-0.3, -0.25) is 9.59 Å². The molecule has 1 unspecified atom stereocenters. The minimum absolute atomic E-state index is 0.00683. The molecule has 0 heterocycles. The van der Waals surface area contributed by atoms with Gasteiger partial charge in [-0.1, -0.05) is 54.6 Å². The lowest BCUT2D eigenvalue weighted by atomic mass is 9.92. The largest absolute Gasteiger partial charge is 0.454 e. The first-order valence-corrected chi connectivity index (χ1v) is 10.7. The van der Waals surface area contributed by atoms with Gasteiger partial charge in [0, 0.05) is 18.0 Å². The van der Waals surface area contributed by atoms with Crippen LogP contribution >= 0.6 is 0 Å². The quantitative estimate of drug-likeness (QED) is 0.486. The Bertz CT molecular complexity index is 849. The third-order valence-electron chi connectivity index (χ3n) is 6.00. The van der Waals surface area contributed by atoms with Gasteiger partial charge in [-0.15, -0.1) is 0 Å². The van der Waals surface area contributed by atoms with E-state index in [1.54, 1.807) is 12.1 Å². The molecule has 1 aliphatic rings. The standard InChI is InChI=1S/C25H31NO4/c1-18(28)30-23(9-5-8-19-6-3-2-4-7-19)24(29)21-12-10-20(11-13-21)22-14-15-25(26,16-22)17-27/h2-4,6-7,10-13,22-23,27H,5,8-9,14-17,26H2,1H3/t22-,23?,25-/m1/s1. The summed E-state index contributed by atoms with van der Waals surface area (Å²) in [5.41, 5.74) is 8.56. The lowest BCUT2D eigenvalue weighted by molar-refractivity contribution is -0.144. The van der Waals surface area contributed by atoms with Crippen molar-refractivity contribution in [2.24, 2.45) is 5.73 Å². The number of benzene rings is 2. The number of esters is 1. The summed E-state index contributed by atoms with van der Waals surface area (Å²) in [5, 5.41) is 9.47. The van der Waals surface area contributed by atoms with Crippen molar-refractivity contribution in [3.05, 3.63) is 71.3 Å². The molecule has 5 nitrogen and oxygen atoms in total. The van der Waals surface area contributed by atoms with Crippen LogP contribution < -0.4 is 5.73 Å². The van der Waals surface area contributed by atoms with E-state index >= 15 is 0 Å². The van der Waals surface area contributed by atoms with E-state index in [4.69, 9.17) is 10.5 Å². The van der Waals surface area contributed by atoms with E-state index in [0.29, 0.717) is 17.9 Å². The molecule has 3 N–H and O–H groups in total. The third kappa shape index (κ3) is 5.77. The number of aliphatic hydroxyl groups is 1. The zero-order valence-electron chi connectivity index (χ0n) is 17.5. The Kier molecular flexibility index (Phi) is 7.40. The van der Waals surface area contributed by atoms with Crippen molar-refractivity contribution in [3.63, 3.8) is 0 Å². The molecule has 160 valence electrons. The van der Waals surface area contributed by atoms with E-state index in [-0.39, 0.29) is 12.4 Å². The van der Waals surface area contributed by atoms with Crippen LogP contribution in [-0.4, -0.2) is 35.1 Å². The first-order chi connectivity index (χ1) is 14.4. The van der Waals surface area contributed by atoms with Gasteiger partial charge in [-0.25, -0.2) is 0 Å². The summed E-state index contributed by atoms with van der Waals surface area (Å²) in [6.07, 6.45) is 3.78. The van der Waals surface area contributed by atoms with Crippen molar-refractivity contribution >= 4 is 11.8 Å². The predicted molar refractivity (Wildman–Crippen MR) is 116 cm³/mol. The minimum atomic E-state index is -0.769. The molecule has 1 fully saturated rings. The highest BCUT2D eigenvalue weighted by molar-refractivity contribution is 6.00. The molecule has 30 heavy (non-hydrogen) atoms. The van der Waals surface area contributed by atoms with E-state index in [1.807, 2.05) is 30.3 Å². The average molecular weight is 410 g/mol. The van der Waals surface area contributed by atoms with Crippen LogP contribution in [0.3, 0.4) is 0 Å². The lowest BCUT2D eigenvalue weighted by Crippen LogP contribution is -2.40. The maximum atomic E-state index is 13.0. The Hall–Kier alpha value is -2.50. The number of aliphatic hydroxyl groups excluding tert-OH is 1. The highest BCUT2D eigenvalue weighted by Crippen LogP contribution is 2.39. The maximum absolute atomic E-state index is 13.0. The van der Waals surface area contributed by atoms with E-state index in [2.05, 4.69) is 12.1 Å². The van der Waals surface area contributed by atoms with Crippen molar-refractivity contribution in [2.45, 2.75) is 63.0 Å². The van der Waals surface area contributed by atoms with Crippen molar-refractivity contribution in [2.75, 3.05) is 6.61 Å². The van der Waals surface area contributed by atoms with Crippen LogP contribution in [0.15, 0.2) is 54.6 Å². The molecule has 0 amide bonds. The van der Waals surface area contributed by atoms with E-state index < -0.39 is 17.6 Å². The molecule has 3 atom stereocenters. The molecule has 0 aromatic heterocycles. The van der Waals surface area contributed by atoms with Crippen LogP contribution in [0.25, 0.3) is 0 Å². The second-order valence-corrected chi connectivity index (χ2v) is 8.42. The summed E-state index contributed by atoms with van der Waals surface area (Å²) in [6.45, 7) is 1.33. The van der Waals surface area contributed by atoms with Crippen molar-refractivity contribution in [1.82, 2.24) is 0 Å². The number of ketones is 1. The number of aryl methyl sites for hydroxylation is 1. The number of nitrogens with two attached hydrogens (primary N) is 1. The Morgan fingerprint density at radius 1 is 1.17 bits per heavy atom. The SMILES string of the molecule is CC(=O)OC(CCCc1ccccc1)C(=O)c1ccc([C@@H]2CC[C@](N)(CO)C2)cc1. The Labute approximate surface area is 178 Å². The van der Waals surface area contributed by atoms with E-state index in [0.717, 1.165) is 37.7 Å². The summed E-state index contributed by atoms with van der Waals surface area (Å²) < 4.78 is 5.34. The highest BCUT2D eigenvalue weighted by Gasteiger charge is 2.35. The third-order valence-corrected chi connectivity index (χ3v) is 6.00. The Morgan fingerprint density at radius 2 is 1.87 bits per heavy atom. The molecular weight excluding hydrogens is 378 g/mol. The van der Waals surface area contributed by atoms with Gasteiger partial charge >= 0.3 is 5.97 Å². The van der Waals surface area contributed by atoms with E-state index in [9.17, 15) is 14.7 Å². The average Bonchev–Trinajstić information content (AvgIpc) is 3.16. The number of hydrogen-bond acceptors (Lipinski definition) is 5. The van der Waals surface area contributed by atoms with Crippen LogP contribution in [0.2, 0.25) is 0 Å². The van der Waals surface area contributed by atoms with Crippen LogP contribution in [-0.2, 0) is 16.0 Å². The number of carbonyl (C=O) groups excluding carboxylic acids is 2. The van der Waals surface area contributed by atoms with Crippen LogP contribution in [0.4, 0.5) is 0 Å². The molecule has 1 saturated carbocycles. The second kappa shape index (κ2) is 10.0. The summed E-state index contributed by atoms with van der Waals surface area (Å²) in [6, 6.07) is 17.6. The van der Waals surface area contributed by atoms with Crippen molar-refractivity contribution in [1.29, 1.82) is 0 Å². The summed E-state index contributed by atoms with van der Waals surface area (Å²) in [4.78, 5) is 24.5. The first-order valence-electron chi connectivity index (χ1n) is 10.7. The molecule has 0 radical (unpaired) electrons. The van der Waals surface area contributed by atoms with Gasteiger partial charge < -0.3 is 15.6 Å². The normalized spacial score (nSPS) is 21.9. The summed E-state index contributed by atoms with van der Waals surface area (Å²) >= 11 is 0. The molecule has 0 spiro atoms. The van der Waals surface area contributed by atoms with Gasteiger partial charge in [-0.05, 0) is 55.6 Å². The van der Waals surface area contributed by atoms with Crippen molar-refractivity contribution < 1.29 is 19.4 Å². The smallest absolute Gasteiger partial charge is 0.303 e. The fraction of sp³-hybridized carbons (Fsp3) is 0.440. The molecule has 0 saturated heterocycles. The topological polar surface area (TPSA) is 89.6 Å². The van der Waals surface area contributed by atoms with Gasteiger partial charge in [0.25, 0.3) is 0 Å². The predicted octanol–water partition coefficient (Wildman–Crippen LogP) is 3.78. The Balaban J connectivity index is 1.63. The zero-order valence-corrected chi connectivity index (χ0v) is 17.5. The lowest BCUT2D eigenvalue weighted by Gasteiger charge is -2.21. The van der Waals surface area contributed by atoms with Crippen molar-refractivity contribution in [3.8, 4) is 0 Å². The fourth-order valence-corrected chi connectivity index (χ4v) is 4.27. The number of hydrogen-bond donors (Lipinski definition) is 2. The summed E-state index contributed by atoms with van der Waals surface area (Å²) in [5.74, 6) is -0.319. The monoisotopic (exact) mass is 409 g/mol. The second-order valence-electron chi connectivity index (χ2n) is 8.42. The molecule has 2 aromatic rings. The molecule has 2 aromatic carbocycles. The summed E-state index contributed by atoms with van der Waals surface area (Å²) in [7, 11) is 0. The Morgan fingerprint density at radius 3 is 2.47 bits per heavy atom. The molecular formula is C25H31NO4. The molecule has 5 heteroatoms. The molecule has 1 aliphatic carbocycles. The number of carbonyl (C=O) groups is 2. The van der Waals surface area contributed by atoms with Gasteiger partial charge in [0.05, 0.1) is 6.61 Å². The highest BCUT2D eigenvalue weighted by atomic mass is 16.5. The van der Waals surface area contributed by atoms with Gasteiger partial charge in [-0.2, -0.15) is 0 Å². The molecule has 3 rings (SSSR count). The van der Waals surface area contributed by atoms with Gasteiger partial charge in [0.1, 0.15) is 0 Å². The van der Waals surface area contributed by atoms with Gasteiger partial charge in [0.2, 0.25) is 5.78 Å². The fourth-order valence-electron chi connectivity index (χ4n) is 4.27. The molecule has 0 aliphatic heterocycles. The number of Topliss-reactive ketones (excluding diaryl/α,β-unsaturated/α-hetero) is 1. The first kappa shape index (κ1) is 22.2. The van der Waals surface area contributed by atoms with Crippen LogP contribution in [0, 0.1) is 0 Å². The zero-order chi connectivity index (χ0) is 21.6.